The summed E-state index contributed by atoms with van der Waals surface area (Å²) in [5.74, 6) is 1.47. The zero-order valence-corrected chi connectivity index (χ0v) is 8.20. The molecule has 0 bridgehead atoms. The molecule has 0 aliphatic heterocycles. The van der Waals surface area contributed by atoms with Gasteiger partial charge in [-0.25, -0.2) is 0 Å². The predicted octanol–water partition coefficient (Wildman–Crippen LogP) is 2.52. The summed E-state index contributed by atoms with van der Waals surface area (Å²) >= 11 is 1.43. The Morgan fingerprint density at radius 1 is 1.00 bits per heavy atom. The van der Waals surface area contributed by atoms with Crippen LogP contribution in [0.15, 0.2) is 12.1 Å². The van der Waals surface area contributed by atoms with Gasteiger partial charge in [0.15, 0.2) is 11.5 Å². The normalized spacial score (nSPS) is 10.3. The number of methoxy groups -OCH3 is 2. The van der Waals surface area contributed by atoms with Crippen molar-refractivity contribution in [2.24, 2.45) is 0 Å². The highest BCUT2D eigenvalue weighted by Gasteiger charge is 2.05. The minimum atomic E-state index is 0.734. The average molecular weight is 192 g/mol. The minimum Gasteiger partial charge on any atom is -0.493 e. The minimum absolute atomic E-state index is 0.734. The van der Waals surface area contributed by atoms with Crippen molar-refractivity contribution in [3.63, 3.8) is 0 Å². The highest BCUT2D eigenvalue weighted by Crippen LogP contribution is 2.32. The quantitative estimate of drug-likeness (QED) is 0.728. The van der Waals surface area contributed by atoms with Crippen LogP contribution >= 0.6 is 11.3 Å². The number of hydrogen-bond acceptors (Lipinski definition) is 3. The molecule has 0 amide bonds. The fourth-order valence-electron chi connectivity index (χ4n) is 1.18. The molecule has 0 atom stereocenters. The Bertz CT molecular complexity index is 382. The molecule has 0 fully saturated rings. The summed E-state index contributed by atoms with van der Waals surface area (Å²) in [7, 11) is 3.25. The van der Waals surface area contributed by atoms with Crippen molar-refractivity contribution in [3.05, 3.63) is 22.9 Å². The third-order valence-electron chi connectivity index (χ3n) is 1.85. The molecule has 2 radical (unpaired) electrons. The molecule has 66 valence electrons. The van der Waals surface area contributed by atoms with E-state index in [4.69, 9.17) is 9.47 Å². The number of ether oxygens (including phenoxy) is 2. The van der Waals surface area contributed by atoms with Crippen molar-refractivity contribution >= 4 is 22.1 Å². The third kappa shape index (κ3) is 1.35. The molecule has 0 unspecified atom stereocenters. The number of fused-ring (bicyclic) bond motifs is 1. The standard InChI is InChI=1S/C10H8O2S/c1-11-9-3-7-5-13-6-8(7)4-10(9)12-2/h3-4H,1-2H3. The molecular weight excluding hydrogens is 184 g/mol. The van der Waals surface area contributed by atoms with Crippen molar-refractivity contribution in [2.75, 3.05) is 14.2 Å². The Labute approximate surface area is 80.7 Å². The number of thiophene rings is 1. The van der Waals surface area contributed by atoms with Crippen LogP contribution in [0.4, 0.5) is 0 Å². The first-order valence-electron chi connectivity index (χ1n) is 3.79. The first kappa shape index (κ1) is 8.38. The van der Waals surface area contributed by atoms with E-state index in [9.17, 15) is 0 Å². The molecule has 1 aromatic carbocycles. The molecule has 1 aromatic heterocycles. The van der Waals surface area contributed by atoms with E-state index in [1.165, 1.54) is 11.3 Å². The lowest BCUT2D eigenvalue weighted by atomic mass is 10.2. The zero-order valence-electron chi connectivity index (χ0n) is 7.38. The number of benzene rings is 1. The lowest BCUT2D eigenvalue weighted by Gasteiger charge is -2.06. The van der Waals surface area contributed by atoms with Gasteiger partial charge in [0.05, 0.1) is 25.0 Å². The summed E-state index contributed by atoms with van der Waals surface area (Å²) in [6, 6.07) is 3.81. The molecule has 0 aliphatic rings. The van der Waals surface area contributed by atoms with Gasteiger partial charge in [-0.2, -0.15) is 0 Å². The molecule has 3 heteroatoms. The van der Waals surface area contributed by atoms with Gasteiger partial charge in [-0.05, 0) is 12.1 Å². The van der Waals surface area contributed by atoms with E-state index in [1.807, 2.05) is 12.1 Å². The zero-order chi connectivity index (χ0) is 9.26. The summed E-state index contributed by atoms with van der Waals surface area (Å²) < 4.78 is 10.3. The largest absolute Gasteiger partial charge is 0.493 e. The Hall–Kier alpha value is -1.22. The van der Waals surface area contributed by atoms with Crippen LogP contribution in [-0.2, 0) is 0 Å². The van der Waals surface area contributed by atoms with Crippen LogP contribution in [-0.4, -0.2) is 14.2 Å². The summed E-state index contributed by atoms with van der Waals surface area (Å²) in [6.45, 7) is 0. The SMILES string of the molecule is COc1cc2[c]s[c]c2cc1OC. The molecule has 2 nitrogen and oxygen atoms in total. The van der Waals surface area contributed by atoms with E-state index in [-0.39, 0.29) is 0 Å². The van der Waals surface area contributed by atoms with Gasteiger partial charge >= 0.3 is 0 Å². The van der Waals surface area contributed by atoms with Crippen molar-refractivity contribution in [2.45, 2.75) is 0 Å². The molecule has 1 heterocycles. The van der Waals surface area contributed by atoms with E-state index < -0.39 is 0 Å². The van der Waals surface area contributed by atoms with Crippen LogP contribution in [0.2, 0.25) is 0 Å². The Balaban J connectivity index is 2.67. The summed E-state index contributed by atoms with van der Waals surface area (Å²) in [5, 5.41) is 8.22. The summed E-state index contributed by atoms with van der Waals surface area (Å²) in [4.78, 5) is 0. The van der Waals surface area contributed by atoms with E-state index in [2.05, 4.69) is 10.8 Å². The lowest BCUT2D eigenvalue weighted by molar-refractivity contribution is 0.356. The smallest absolute Gasteiger partial charge is 0.161 e. The second kappa shape index (κ2) is 3.26. The molecule has 0 saturated carbocycles. The molecule has 0 saturated heterocycles. The first-order chi connectivity index (χ1) is 6.35. The average Bonchev–Trinajstić information content (AvgIpc) is 2.62. The van der Waals surface area contributed by atoms with E-state index in [0.717, 1.165) is 22.3 Å². The van der Waals surface area contributed by atoms with Crippen LogP contribution in [0, 0.1) is 10.8 Å². The van der Waals surface area contributed by atoms with Gasteiger partial charge in [0.25, 0.3) is 0 Å². The Morgan fingerprint density at radius 3 is 1.85 bits per heavy atom. The molecule has 2 aromatic rings. The topological polar surface area (TPSA) is 18.5 Å². The molecule has 0 aliphatic carbocycles. The van der Waals surface area contributed by atoms with Crippen LogP contribution in [0.3, 0.4) is 0 Å². The summed E-state index contributed by atoms with van der Waals surface area (Å²) in [5.41, 5.74) is 0. The monoisotopic (exact) mass is 192 g/mol. The second-order valence-corrected chi connectivity index (χ2v) is 3.17. The van der Waals surface area contributed by atoms with Crippen molar-refractivity contribution in [1.29, 1.82) is 0 Å². The maximum absolute atomic E-state index is 5.16. The maximum atomic E-state index is 5.16. The van der Waals surface area contributed by atoms with E-state index in [0.29, 0.717) is 0 Å². The van der Waals surface area contributed by atoms with Gasteiger partial charge in [0, 0.05) is 10.8 Å². The highest BCUT2D eigenvalue weighted by atomic mass is 32.1. The first-order valence-corrected chi connectivity index (χ1v) is 4.60. The molecular formula is C10H8O2S. The van der Waals surface area contributed by atoms with Gasteiger partial charge in [-0.3, -0.25) is 0 Å². The van der Waals surface area contributed by atoms with Gasteiger partial charge in [0.1, 0.15) is 0 Å². The van der Waals surface area contributed by atoms with Crippen LogP contribution in [0.25, 0.3) is 10.8 Å². The molecule has 0 N–H and O–H groups in total. The fraction of sp³-hybridized carbons (Fsp3) is 0.200. The van der Waals surface area contributed by atoms with Crippen LogP contribution in [0.5, 0.6) is 11.5 Å². The van der Waals surface area contributed by atoms with E-state index in [1.54, 1.807) is 14.2 Å². The Kier molecular flexibility index (Phi) is 2.10. The van der Waals surface area contributed by atoms with Gasteiger partial charge in [0.2, 0.25) is 0 Å². The highest BCUT2D eigenvalue weighted by molar-refractivity contribution is 7.08. The maximum Gasteiger partial charge on any atom is 0.161 e. The lowest BCUT2D eigenvalue weighted by Crippen LogP contribution is -1.89. The molecule has 0 spiro atoms. The predicted molar refractivity (Wildman–Crippen MR) is 52.6 cm³/mol. The van der Waals surface area contributed by atoms with Crippen molar-refractivity contribution < 1.29 is 9.47 Å². The van der Waals surface area contributed by atoms with Crippen LogP contribution < -0.4 is 9.47 Å². The van der Waals surface area contributed by atoms with E-state index >= 15 is 0 Å². The summed E-state index contributed by atoms with van der Waals surface area (Å²) in [6.07, 6.45) is 0. The van der Waals surface area contributed by atoms with Crippen LogP contribution in [0.1, 0.15) is 0 Å². The second-order valence-electron chi connectivity index (χ2n) is 2.56. The van der Waals surface area contributed by atoms with Crippen molar-refractivity contribution in [1.82, 2.24) is 0 Å². The third-order valence-corrected chi connectivity index (χ3v) is 2.49. The molecule has 2 rings (SSSR count). The van der Waals surface area contributed by atoms with Crippen molar-refractivity contribution in [3.8, 4) is 11.5 Å². The van der Waals surface area contributed by atoms with Gasteiger partial charge in [-0.15, -0.1) is 11.3 Å². The molecule has 13 heavy (non-hydrogen) atoms. The van der Waals surface area contributed by atoms with Gasteiger partial charge in [-0.1, -0.05) is 0 Å². The number of hydrogen-bond donors (Lipinski definition) is 0. The Morgan fingerprint density at radius 2 is 1.46 bits per heavy atom. The fourth-order valence-corrected chi connectivity index (χ4v) is 1.79. The van der Waals surface area contributed by atoms with Gasteiger partial charge < -0.3 is 9.47 Å². The number of rotatable bonds is 2.